The number of nitrogens with one attached hydrogen (secondary N) is 1. The summed E-state index contributed by atoms with van der Waals surface area (Å²) in [6, 6.07) is 0. The number of sulfone groups is 1. The molecule has 1 saturated heterocycles. The van der Waals surface area contributed by atoms with Gasteiger partial charge in [0.25, 0.3) is 0 Å². The van der Waals surface area contributed by atoms with E-state index in [4.69, 9.17) is 0 Å². The van der Waals surface area contributed by atoms with Crippen molar-refractivity contribution in [2.75, 3.05) is 36.9 Å². The van der Waals surface area contributed by atoms with Crippen LogP contribution in [-0.4, -0.2) is 61.1 Å². The van der Waals surface area contributed by atoms with Gasteiger partial charge in [-0.15, -0.1) is 0 Å². The Bertz CT molecular complexity index is 390. The van der Waals surface area contributed by atoms with Crippen LogP contribution in [0.25, 0.3) is 0 Å². The van der Waals surface area contributed by atoms with Crippen LogP contribution in [0.15, 0.2) is 0 Å². The van der Waals surface area contributed by atoms with E-state index in [1.807, 2.05) is 0 Å². The molecule has 20 heavy (non-hydrogen) atoms. The SMILES string of the molecule is CCS(=O)(=O)C1CSCCN1CC(C)CNC(C)(C)C. The Labute approximate surface area is 129 Å². The largest absolute Gasteiger partial charge is 0.312 e. The lowest BCUT2D eigenvalue weighted by atomic mass is 10.1. The van der Waals surface area contributed by atoms with Gasteiger partial charge in [0.1, 0.15) is 5.37 Å². The minimum absolute atomic E-state index is 0.112. The van der Waals surface area contributed by atoms with E-state index in [1.165, 1.54) is 0 Å². The molecule has 0 amide bonds. The Balaban J connectivity index is 2.59. The minimum atomic E-state index is -2.97. The van der Waals surface area contributed by atoms with Crippen LogP contribution < -0.4 is 5.32 Å². The number of nitrogens with zero attached hydrogens (tertiary/aromatic N) is 1. The fourth-order valence-corrected chi connectivity index (χ4v) is 5.38. The molecule has 1 aliphatic rings. The van der Waals surface area contributed by atoms with Gasteiger partial charge in [0, 0.05) is 35.9 Å². The molecular formula is C14H30N2O2S2. The van der Waals surface area contributed by atoms with Crippen molar-refractivity contribution in [2.45, 2.75) is 45.5 Å². The highest BCUT2D eigenvalue weighted by molar-refractivity contribution is 8.01. The zero-order valence-corrected chi connectivity index (χ0v) is 15.1. The molecule has 1 N–H and O–H groups in total. The Hall–Kier alpha value is 0.220. The molecule has 1 aliphatic heterocycles. The lowest BCUT2D eigenvalue weighted by molar-refractivity contribution is 0.224. The van der Waals surface area contributed by atoms with Crippen LogP contribution in [0, 0.1) is 5.92 Å². The maximum Gasteiger partial charge on any atom is 0.166 e. The van der Waals surface area contributed by atoms with Crippen molar-refractivity contribution >= 4 is 21.6 Å². The molecule has 0 aromatic rings. The predicted octanol–water partition coefficient (Wildman–Crippen LogP) is 1.82. The van der Waals surface area contributed by atoms with Gasteiger partial charge >= 0.3 is 0 Å². The van der Waals surface area contributed by atoms with E-state index < -0.39 is 9.84 Å². The summed E-state index contributed by atoms with van der Waals surface area (Å²) in [6.45, 7) is 13.1. The molecule has 0 saturated carbocycles. The quantitative estimate of drug-likeness (QED) is 0.808. The van der Waals surface area contributed by atoms with Crippen LogP contribution in [0.1, 0.15) is 34.6 Å². The maximum absolute atomic E-state index is 12.2. The Morgan fingerprint density at radius 1 is 1.40 bits per heavy atom. The molecule has 1 heterocycles. The van der Waals surface area contributed by atoms with Crippen LogP contribution in [0.4, 0.5) is 0 Å². The van der Waals surface area contributed by atoms with Crippen molar-refractivity contribution in [1.82, 2.24) is 10.2 Å². The first-order valence-corrected chi connectivity index (χ1v) is 10.3. The van der Waals surface area contributed by atoms with Crippen LogP contribution in [0.5, 0.6) is 0 Å². The van der Waals surface area contributed by atoms with Crippen molar-refractivity contribution in [3.05, 3.63) is 0 Å². The highest BCUT2D eigenvalue weighted by atomic mass is 32.2. The Morgan fingerprint density at radius 3 is 2.60 bits per heavy atom. The van der Waals surface area contributed by atoms with Crippen LogP contribution >= 0.6 is 11.8 Å². The summed E-state index contributed by atoms with van der Waals surface area (Å²) in [7, 11) is -2.97. The van der Waals surface area contributed by atoms with Gasteiger partial charge in [-0.1, -0.05) is 13.8 Å². The average Bonchev–Trinajstić information content (AvgIpc) is 2.36. The smallest absolute Gasteiger partial charge is 0.166 e. The first-order chi connectivity index (χ1) is 9.15. The molecule has 120 valence electrons. The van der Waals surface area contributed by atoms with E-state index >= 15 is 0 Å². The highest BCUT2D eigenvalue weighted by Crippen LogP contribution is 2.22. The highest BCUT2D eigenvalue weighted by Gasteiger charge is 2.33. The van der Waals surface area contributed by atoms with Gasteiger partial charge in [0.05, 0.1) is 0 Å². The summed E-state index contributed by atoms with van der Waals surface area (Å²) >= 11 is 1.76. The summed E-state index contributed by atoms with van der Waals surface area (Å²) in [5, 5.41) is 3.21. The van der Waals surface area contributed by atoms with Gasteiger partial charge in [0.2, 0.25) is 0 Å². The minimum Gasteiger partial charge on any atom is -0.312 e. The van der Waals surface area contributed by atoms with Gasteiger partial charge in [-0.25, -0.2) is 8.42 Å². The molecule has 0 radical (unpaired) electrons. The van der Waals surface area contributed by atoms with Gasteiger partial charge in [0.15, 0.2) is 9.84 Å². The molecule has 0 aromatic heterocycles. The zero-order chi connectivity index (χ0) is 15.4. The second-order valence-corrected chi connectivity index (χ2v) is 10.3. The Kier molecular flexibility index (Phi) is 6.83. The first kappa shape index (κ1) is 18.3. The lowest BCUT2D eigenvalue weighted by Gasteiger charge is -2.36. The lowest BCUT2D eigenvalue weighted by Crippen LogP contribution is -2.50. The molecule has 0 spiro atoms. The summed E-state index contributed by atoms with van der Waals surface area (Å²) in [5.74, 6) is 2.44. The predicted molar refractivity (Wildman–Crippen MR) is 89.1 cm³/mol. The van der Waals surface area contributed by atoms with E-state index in [2.05, 4.69) is 37.9 Å². The summed E-state index contributed by atoms with van der Waals surface area (Å²) in [6.07, 6.45) is 0. The summed E-state index contributed by atoms with van der Waals surface area (Å²) in [5.41, 5.74) is 0.112. The maximum atomic E-state index is 12.2. The third-order valence-electron chi connectivity index (χ3n) is 3.53. The van der Waals surface area contributed by atoms with E-state index in [0.717, 1.165) is 31.1 Å². The topological polar surface area (TPSA) is 49.4 Å². The van der Waals surface area contributed by atoms with Crippen LogP contribution in [-0.2, 0) is 9.84 Å². The van der Waals surface area contributed by atoms with Crippen LogP contribution in [0.3, 0.4) is 0 Å². The summed E-state index contributed by atoms with van der Waals surface area (Å²) < 4.78 is 24.4. The fraction of sp³-hybridized carbons (Fsp3) is 1.00. The van der Waals surface area contributed by atoms with Gasteiger partial charge in [-0.05, 0) is 33.2 Å². The second-order valence-electron chi connectivity index (χ2n) is 6.71. The van der Waals surface area contributed by atoms with Crippen molar-refractivity contribution in [3.8, 4) is 0 Å². The third kappa shape index (κ3) is 5.92. The molecular weight excluding hydrogens is 292 g/mol. The third-order valence-corrected chi connectivity index (χ3v) is 6.87. The van der Waals surface area contributed by atoms with E-state index in [0.29, 0.717) is 5.92 Å². The molecule has 0 aromatic carbocycles. The molecule has 4 nitrogen and oxygen atoms in total. The number of rotatable bonds is 6. The van der Waals surface area contributed by atoms with Crippen LogP contribution in [0.2, 0.25) is 0 Å². The van der Waals surface area contributed by atoms with Crippen molar-refractivity contribution in [1.29, 1.82) is 0 Å². The fourth-order valence-electron chi connectivity index (χ4n) is 2.29. The standard InChI is InChI=1S/C14H30N2O2S2/c1-6-20(17,18)13-11-19-8-7-16(13)10-12(2)9-15-14(3,4)5/h12-13,15H,6-11H2,1-5H3. The van der Waals surface area contributed by atoms with Gasteiger partial charge < -0.3 is 5.32 Å². The van der Waals surface area contributed by atoms with Gasteiger partial charge in [-0.2, -0.15) is 11.8 Å². The van der Waals surface area contributed by atoms with Crippen molar-refractivity contribution in [2.24, 2.45) is 5.92 Å². The monoisotopic (exact) mass is 322 g/mol. The molecule has 0 bridgehead atoms. The Morgan fingerprint density at radius 2 is 2.05 bits per heavy atom. The number of thioether (sulfide) groups is 1. The van der Waals surface area contributed by atoms with Crippen molar-refractivity contribution in [3.63, 3.8) is 0 Å². The molecule has 6 heteroatoms. The summed E-state index contributed by atoms with van der Waals surface area (Å²) in [4.78, 5) is 2.17. The number of hydrogen-bond acceptors (Lipinski definition) is 5. The van der Waals surface area contributed by atoms with E-state index in [9.17, 15) is 8.42 Å². The molecule has 2 atom stereocenters. The first-order valence-electron chi connectivity index (χ1n) is 7.44. The normalized spacial score (nSPS) is 23.8. The molecule has 1 rings (SSSR count). The average molecular weight is 323 g/mol. The molecule has 1 fully saturated rings. The molecule has 2 unspecified atom stereocenters. The van der Waals surface area contributed by atoms with Gasteiger partial charge in [-0.3, -0.25) is 4.90 Å². The van der Waals surface area contributed by atoms with E-state index in [-0.39, 0.29) is 16.7 Å². The van der Waals surface area contributed by atoms with E-state index in [1.54, 1.807) is 18.7 Å². The molecule has 0 aliphatic carbocycles. The zero-order valence-electron chi connectivity index (χ0n) is 13.5. The van der Waals surface area contributed by atoms with Crippen molar-refractivity contribution < 1.29 is 8.42 Å². The number of hydrogen-bond donors (Lipinski definition) is 1. The second kappa shape index (κ2) is 7.47.